The summed E-state index contributed by atoms with van der Waals surface area (Å²) in [5.41, 5.74) is 1.88. The molecule has 2 amide bonds. The quantitative estimate of drug-likeness (QED) is 0.724. The first-order valence-electron chi connectivity index (χ1n) is 8.86. The van der Waals surface area contributed by atoms with Crippen molar-refractivity contribution in [3.63, 3.8) is 0 Å². The Morgan fingerprint density at radius 2 is 1.70 bits per heavy atom. The first kappa shape index (κ1) is 17.0. The van der Waals surface area contributed by atoms with Crippen LogP contribution >= 0.6 is 0 Å². The number of carbonyl (C=O) groups excluding carboxylic acids is 2. The summed E-state index contributed by atoms with van der Waals surface area (Å²) in [5.74, 6) is 0.213. The SMILES string of the molecule is Cc1oc(-c2ccccc2)nc1C(=O)Nc1ccccc1C(=O)NC1CC1. The minimum absolute atomic E-state index is 0.185. The van der Waals surface area contributed by atoms with Crippen molar-refractivity contribution in [2.45, 2.75) is 25.8 Å². The number of rotatable bonds is 5. The van der Waals surface area contributed by atoms with E-state index in [1.807, 2.05) is 30.3 Å². The lowest BCUT2D eigenvalue weighted by Crippen LogP contribution is -2.27. The van der Waals surface area contributed by atoms with Crippen molar-refractivity contribution in [3.8, 4) is 11.5 Å². The fraction of sp³-hybridized carbons (Fsp3) is 0.190. The van der Waals surface area contributed by atoms with Crippen molar-refractivity contribution in [1.29, 1.82) is 0 Å². The number of aryl methyl sites for hydroxylation is 1. The van der Waals surface area contributed by atoms with E-state index in [0.29, 0.717) is 22.9 Å². The summed E-state index contributed by atoms with van der Waals surface area (Å²) in [6.07, 6.45) is 2.00. The Balaban J connectivity index is 1.56. The van der Waals surface area contributed by atoms with Gasteiger partial charge in [0.25, 0.3) is 11.8 Å². The molecular weight excluding hydrogens is 342 g/mol. The van der Waals surface area contributed by atoms with Crippen LogP contribution in [0.25, 0.3) is 11.5 Å². The van der Waals surface area contributed by atoms with Crippen LogP contribution in [-0.2, 0) is 0 Å². The third kappa shape index (κ3) is 3.74. The number of anilines is 1. The van der Waals surface area contributed by atoms with Gasteiger partial charge in [-0.1, -0.05) is 30.3 Å². The maximum atomic E-state index is 12.7. The third-order valence-electron chi connectivity index (χ3n) is 4.36. The van der Waals surface area contributed by atoms with Crippen molar-refractivity contribution < 1.29 is 14.0 Å². The number of amides is 2. The molecule has 27 heavy (non-hydrogen) atoms. The topological polar surface area (TPSA) is 84.2 Å². The zero-order chi connectivity index (χ0) is 18.8. The Kier molecular flexibility index (Phi) is 4.46. The van der Waals surface area contributed by atoms with Gasteiger partial charge in [0.1, 0.15) is 5.76 Å². The van der Waals surface area contributed by atoms with E-state index >= 15 is 0 Å². The van der Waals surface area contributed by atoms with Crippen LogP contribution in [0.1, 0.15) is 39.4 Å². The molecule has 1 fully saturated rings. The largest absolute Gasteiger partial charge is 0.441 e. The van der Waals surface area contributed by atoms with Crippen molar-refractivity contribution in [2.75, 3.05) is 5.32 Å². The van der Waals surface area contributed by atoms with E-state index in [4.69, 9.17) is 4.42 Å². The average Bonchev–Trinajstić information content (AvgIpc) is 3.41. The van der Waals surface area contributed by atoms with Crippen LogP contribution in [-0.4, -0.2) is 22.8 Å². The number of benzene rings is 2. The highest BCUT2D eigenvalue weighted by molar-refractivity contribution is 6.08. The van der Waals surface area contributed by atoms with Gasteiger partial charge in [-0.3, -0.25) is 9.59 Å². The van der Waals surface area contributed by atoms with Crippen LogP contribution in [0.15, 0.2) is 59.0 Å². The Hall–Kier alpha value is -3.41. The number of para-hydroxylation sites is 1. The Bertz CT molecular complexity index is 991. The number of carbonyl (C=O) groups is 2. The van der Waals surface area contributed by atoms with Crippen LogP contribution in [0.5, 0.6) is 0 Å². The highest BCUT2D eigenvalue weighted by atomic mass is 16.4. The van der Waals surface area contributed by atoms with Gasteiger partial charge >= 0.3 is 0 Å². The molecule has 0 aliphatic heterocycles. The number of nitrogens with one attached hydrogen (secondary N) is 2. The molecule has 1 saturated carbocycles. The standard InChI is InChI=1S/C21H19N3O3/c1-13-18(24-21(27-13)14-7-3-2-4-8-14)20(26)23-17-10-6-5-9-16(17)19(25)22-15-11-12-15/h2-10,15H,11-12H2,1H3,(H,22,25)(H,23,26). The lowest BCUT2D eigenvalue weighted by molar-refractivity contribution is 0.0952. The molecule has 1 aliphatic carbocycles. The van der Waals surface area contributed by atoms with Crippen molar-refractivity contribution in [3.05, 3.63) is 71.6 Å². The highest BCUT2D eigenvalue weighted by Gasteiger charge is 2.25. The lowest BCUT2D eigenvalue weighted by Gasteiger charge is -2.10. The van der Waals surface area contributed by atoms with Gasteiger partial charge in [-0.15, -0.1) is 0 Å². The maximum absolute atomic E-state index is 12.7. The zero-order valence-corrected chi connectivity index (χ0v) is 14.9. The van der Waals surface area contributed by atoms with Gasteiger partial charge < -0.3 is 15.1 Å². The molecule has 0 spiro atoms. The van der Waals surface area contributed by atoms with E-state index in [-0.39, 0.29) is 17.6 Å². The molecule has 1 heterocycles. The smallest absolute Gasteiger partial charge is 0.277 e. The van der Waals surface area contributed by atoms with Crippen LogP contribution in [0.4, 0.5) is 5.69 Å². The molecule has 0 radical (unpaired) electrons. The van der Waals surface area contributed by atoms with Crippen LogP contribution in [0, 0.1) is 6.92 Å². The van der Waals surface area contributed by atoms with E-state index in [0.717, 1.165) is 18.4 Å². The molecule has 0 saturated heterocycles. The maximum Gasteiger partial charge on any atom is 0.277 e. The Labute approximate surface area is 156 Å². The molecule has 2 N–H and O–H groups in total. The van der Waals surface area contributed by atoms with Gasteiger partial charge in [0, 0.05) is 11.6 Å². The first-order valence-corrected chi connectivity index (χ1v) is 8.86. The van der Waals surface area contributed by atoms with Gasteiger partial charge in [-0.25, -0.2) is 4.98 Å². The fourth-order valence-corrected chi connectivity index (χ4v) is 2.77. The molecule has 6 nitrogen and oxygen atoms in total. The monoisotopic (exact) mass is 361 g/mol. The minimum atomic E-state index is -0.412. The molecule has 6 heteroatoms. The second-order valence-corrected chi connectivity index (χ2v) is 6.54. The summed E-state index contributed by atoms with van der Waals surface area (Å²) in [5, 5.41) is 5.72. The van der Waals surface area contributed by atoms with E-state index < -0.39 is 5.91 Å². The van der Waals surface area contributed by atoms with Gasteiger partial charge in [0.2, 0.25) is 5.89 Å². The van der Waals surface area contributed by atoms with Crippen molar-refractivity contribution in [1.82, 2.24) is 10.3 Å². The highest BCUT2D eigenvalue weighted by Crippen LogP contribution is 2.24. The molecule has 1 aromatic heterocycles. The number of nitrogens with zero attached hydrogens (tertiary/aromatic N) is 1. The third-order valence-corrected chi connectivity index (χ3v) is 4.36. The average molecular weight is 361 g/mol. The van der Waals surface area contributed by atoms with Gasteiger partial charge in [0.15, 0.2) is 5.69 Å². The molecule has 136 valence electrons. The minimum Gasteiger partial charge on any atom is -0.441 e. The molecule has 3 aromatic rings. The van der Waals surface area contributed by atoms with Gasteiger partial charge in [-0.05, 0) is 44.0 Å². The predicted octanol–water partition coefficient (Wildman–Crippen LogP) is 3.79. The van der Waals surface area contributed by atoms with Gasteiger partial charge in [0.05, 0.1) is 11.3 Å². The molecular formula is C21H19N3O3. The number of oxazole rings is 1. The van der Waals surface area contributed by atoms with E-state index in [2.05, 4.69) is 15.6 Å². The Morgan fingerprint density at radius 1 is 1.00 bits per heavy atom. The summed E-state index contributed by atoms with van der Waals surface area (Å²) >= 11 is 0. The predicted molar refractivity (Wildman–Crippen MR) is 102 cm³/mol. The summed E-state index contributed by atoms with van der Waals surface area (Å²) in [6.45, 7) is 1.69. The van der Waals surface area contributed by atoms with E-state index in [1.165, 1.54) is 0 Å². The van der Waals surface area contributed by atoms with E-state index in [1.54, 1.807) is 31.2 Å². The van der Waals surface area contributed by atoms with Crippen molar-refractivity contribution >= 4 is 17.5 Å². The van der Waals surface area contributed by atoms with Crippen LogP contribution in [0.2, 0.25) is 0 Å². The first-order chi connectivity index (χ1) is 13.1. The summed E-state index contributed by atoms with van der Waals surface area (Å²) in [7, 11) is 0. The lowest BCUT2D eigenvalue weighted by atomic mass is 10.1. The van der Waals surface area contributed by atoms with Gasteiger partial charge in [-0.2, -0.15) is 0 Å². The fourth-order valence-electron chi connectivity index (χ4n) is 2.77. The normalized spacial score (nSPS) is 13.2. The number of hydrogen-bond donors (Lipinski definition) is 2. The second kappa shape index (κ2) is 7.07. The molecule has 4 rings (SSSR count). The zero-order valence-electron chi connectivity index (χ0n) is 14.9. The van der Waals surface area contributed by atoms with Crippen molar-refractivity contribution in [2.24, 2.45) is 0 Å². The van der Waals surface area contributed by atoms with E-state index in [9.17, 15) is 9.59 Å². The molecule has 0 bridgehead atoms. The summed E-state index contributed by atoms with van der Waals surface area (Å²) in [4.78, 5) is 29.4. The molecule has 2 aromatic carbocycles. The molecule has 0 unspecified atom stereocenters. The summed E-state index contributed by atoms with van der Waals surface area (Å²) < 4.78 is 5.65. The summed E-state index contributed by atoms with van der Waals surface area (Å²) in [6, 6.07) is 16.6. The second-order valence-electron chi connectivity index (χ2n) is 6.54. The Morgan fingerprint density at radius 3 is 2.44 bits per heavy atom. The van der Waals surface area contributed by atoms with Crippen LogP contribution in [0.3, 0.4) is 0 Å². The number of aromatic nitrogens is 1. The number of hydrogen-bond acceptors (Lipinski definition) is 4. The molecule has 0 atom stereocenters. The molecule has 1 aliphatic rings. The van der Waals surface area contributed by atoms with Crippen LogP contribution < -0.4 is 10.6 Å².